The van der Waals surface area contributed by atoms with Crippen LogP contribution in [0.5, 0.6) is 0 Å². The van der Waals surface area contributed by atoms with Crippen molar-refractivity contribution in [1.29, 1.82) is 0 Å². The van der Waals surface area contributed by atoms with E-state index in [0.29, 0.717) is 12.2 Å². The Morgan fingerprint density at radius 1 is 0.966 bits per heavy atom. The number of β-amino-alcohol motifs (C(OH)–C–C–N with tert-alkyl or cyclic N) is 1. The first kappa shape index (κ1) is 20.5. The van der Waals surface area contributed by atoms with Gasteiger partial charge in [0.05, 0.1) is 29.6 Å². The van der Waals surface area contributed by atoms with Gasteiger partial charge in [0.25, 0.3) is 0 Å². The van der Waals surface area contributed by atoms with Gasteiger partial charge in [-0.1, -0.05) is 23.9 Å². The van der Waals surface area contributed by atoms with Gasteiger partial charge in [-0.15, -0.1) is 0 Å². The molecule has 0 aromatic heterocycles. The fourth-order valence-electron chi connectivity index (χ4n) is 3.80. The average molecular weight is 424 g/mol. The van der Waals surface area contributed by atoms with Crippen LogP contribution in [0.1, 0.15) is 5.56 Å². The van der Waals surface area contributed by atoms with Crippen LogP contribution >= 0.6 is 11.8 Å². The summed E-state index contributed by atoms with van der Waals surface area (Å²) in [5, 5.41) is 10.8. The summed E-state index contributed by atoms with van der Waals surface area (Å²) in [6.45, 7) is 4.43. The van der Waals surface area contributed by atoms with Gasteiger partial charge in [0.1, 0.15) is 0 Å². The van der Waals surface area contributed by atoms with Gasteiger partial charge in [-0.25, -0.2) is 0 Å². The van der Waals surface area contributed by atoms with Gasteiger partial charge >= 0.3 is 6.18 Å². The Morgan fingerprint density at radius 3 is 2.38 bits per heavy atom. The Hall–Kier alpha value is -1.74. The number of hydrogen-bond acceptors (Lipinski definition) is 5. The molecule has 1 N–H and O–H groups in total. The summed E-state index contributed by atoms with van der Waals surface area (Å²) in [4.78, 5) is 8.03. The van der Waals surface area contributed by atoms with Gasteiger partial charge in [-0.05, 0) is 37.4 Å². The van der Waals surface area contributed by atoms with Crippen LogP contribution in [0.25, 0.3) is 0 Å². The van der Waals surface area contributed by atoms with Crippen molar-refractivity contribution in [3.8, 4) is 0 Å². The van der Waals surface area contributed by atoms with E-state index >= 15 is 0 Å². The Labute approximate surface area is 172 Å². The zero-order valence-electron chi connectivity index (χ0n) is 16.2. The minimum absolute atomic E-state index is 0.248. The van der Waals surface area contributed by atoms with E-state index in [1.807, 2.05) is 29.2 Å². The standard InChI is InChI=1S/C21H24F3N3OS/c1-25-8-10-26(11-9-25)13-16(28)14-27-17-4-2-3-5-19(17)29-20-7-6-15(12-18(20)27)21(22,23)24/h2-7,12,16,28H,8-11,13-14H2,1H3. The van der Waals surface area contributed by atoms with E-state index in [1.54, 1.807) is 0 Å². The third-order valence-corrected chi connectivity index (χ3v) is 6.54. The van der Waals surface area contributed by atoms with Crippen LogP contribution < -0.4 is 4.90 Å². The smallest absolute Gasteiger partial charge is 0.390 e. The number of para-hydroxylation sites is 1. The first-order valence-corrected chi connectivity index (χ1v) is 10.5. The maximum Gasteiger partial charge on any atom is 0.416 e. The van der Waals surface area contributed by atoms with Crippen LogP contribution in [-0.4, -0.2) is 67.3 Å². The number of nitrogens with zero attached hydrogens (tertiary/aromatic N) is 3. The van der Waals surface area contributed by atoms with Crippen molar-refractivity contribution in [2.24, 2.45) is 0 Å². The molecule has 0 radical (unpaired) electrons. The van der Waals surface area contributed by atoms with Crippen molar-refractivity contribution < 1.29 is 18.3 Å². The molecule has 156 valence electrons. The molecular weight excluding hydrogens is 399 g/mol. The number of rotatable bonds is 4. The summed E-state index contributed by atoms with van der Waals surface area (Å²) in [6.07, 6.45) is -5.07. The van der Waals surface area contributed by atoms with Crippen molar-refractivity contribution in [3.63, 3.8) is 0 Å². The quantitative estimate of drug-likeness (QED) is 0.806. The summed E-state index contributed by atoms with van der Waals surface area (Å²) >= 11 is 1.46. The molecule has 0 bridgehead atoms. The van der Waals surface area contributed by atoms with Crippen LogP contribution in [0.3, 0.4) is 0 Å². The second-order valence-corrected chi connectivity index (χ2v) is 8.70. The number of anilines is 2. The Kier molecular flexibility index (Phi) is 5.79. The number of hydrogen-bond donors (Lipinski definition) is 1. The highest BCUT2D eigenvalue weighted by Crippen LogP contribution is 2.49. The monoisotopic (exact) mass is 423 g/mol. The second-order valence-electron chi connectivity index (χ2n) is 7.62. The van der Waals surface area contributed by atoms with Crippen molar-refractivity contribution in [3.05, 3.63) is 48.0 Å². The zero-order chi connectivity index (χ0) is 20.6. The minimum atomic E-state index is -4.40. The molecule has 8 heteroatoms. The van der Waals surface area contributed by atoms with Gasteiger partial charge in [-0.3, -0.25) is 4.90 Å². The van der Waals surface area contributed by atoms with Crippen LogP contribution in [0, 0.1) is 0 Å². The number of fused-ring (bicyclic) bond motifs is 2. The van der Waals surface area contributed by atoms with Crippen LogP contribution in [0.15, 0.2) is 52.3 Å². The van der Waals surface area contributed by atoms with Gasteiger partial charge < -0.3 is 14.9 Å². The molecule has 1 saturated heterocycles. The lowest BCUT2D eigenvalue weighted by Gasteiger charge is -2.37. The minimum Gasteiger partial charge on any atom is -0.390 e. The number of likely N-dealkylation sites (N-methyl/N-ethyl adjacent to an activating group) is 1. The highest BCUT2D eigenvalue weighted by atomic mass is 32.2. The van der Waals surface area contributed by atoms with Crippen molar-refractivity contribution in [2.75, 3.05) is 51.2 Å². The molecule has 0 spiro atoms. The Bertz CT molecular complexity index is 868. The lowest BCUT2D eigenvalue weighted by molar-refractivity contribution is -0.137. The van der Waals surface area contributed by atoms with Gasteiger partial charge in [0.15, 0.2) is 0 Å². The summed E-state index contributed by atoms with van der Waals surface area (Å²) < 4.78 is 39.9. The molecule has 1 fully saturated rings. The SMILES string of the molecule is CN1CCN(CC(O)CN2c3ccccc3Sc3ccc(C(F)(F)F)cc32)CC1. The maximum atomic E-state index is 13.3. The molecule has 2 aliphatic heterocycles. The van der Waals surface area contributed by atoms with Crippen LogP contribution in [0.2, 0.25) is 0 Å². The van der Waals surface area contributed by atoms with Crippen molar-refractivity contribution in [1.82, 2.24) is 9.80 Å². The topological polar surface area (TPSA) is 30.0 Å². The zero-order valence-corrected chi connectivity index (χ0v) is 17.0. The predicted molar refractivity (Wildman–Crippen MR) is 109 cm³/mol. The molecule has 2 aromatic carbocycles. The number of aliphatic hydroxyl groups excluding tert-OH is 1. The first-order chi connectivity index (χ1) is 13.8. The van der Waals surface area contributed by atoms with Crippen LogP contribution in [0.4, 0.5) is 24.5 Å². The molecule has 4 nitrogen and oxygen atoms in total. The van der Waals surface area contributed by atoms with E-state index in [9.17, 15) is 18.3 Å². The summed E-state index contributed by atoms with van der Waals surface area (Å²) in [5.41, 5.74) is 0.664. The van der Waals surface area contributed by atoms with E-state index < -0.39 is 17.8 Å². The van der Waals surface area contributed by atoms with E-state index in [-0.39, 0.29) is 6.54 Å². The highest BCUT2D eigenvalue weighted by Gasteiger charge is 2.34. The Morgan fingerprint density at radius 2 is 1.66 bits per heavy atom. The number of aliphatic hydroxyl groups is 1. The first-order valence-electron chi connectivity index (χ1n) is 9.66. The average Bonchev–Trinajstić information content (AvgIpc) is 2.68. The normalized spacial score (nSPS) is 19.0. The molecule has 2 heterocycles. The van der Waals surface area contributed by atoms with Crippen LogP contribution in [-0.2, 0) is 6.18 Å². The molecule has 0 saturated carbocycles. The molecule has 0 aliphatic carbocycles. The lowest BCUT2D eigenvalue weighted by atomic mass is 10.1. The van der Waals surface area contributed by atoms with E-state index in [0.717, 1.165) is 47.7 Å². The van der Waals surface area contributed by atoms with E-state index in [2.05, 4.69) is 16.8 Å². The summed E-state index contributed by atoms with van der Waals surface area (Å²) in [6, 6.07) is 11.5. The molecule has 2 aromatic rings. The molecule has 4 rings (SSSR count). The largest absolute Gasteiger partial charge is 0.416 e. The number of halogens is 3. The Balaban J connectivity index is 1.60. The third kappa shape index (κ3) is 4.55. The number of piperazine rings is 1. The highest BCUT2D eigenvalue weighted by molar-refractivity contribution is 7.99. The summed E-state index contributed by atoms with van der Waals surface area (Å²) in [5.74, 6) is 0. The fraction of sp³-hybridized carbons (Fsp3) is 0.429. The second kappa shape index (κ2) is 8.18. The molecule has 2 aliphatic rings. The van der Waals surface area contributed by atoms with E-state index in [1.165, 1.54) is 23.9 Å². The lowest BCUT2D eigenvalue weighted by Crippen LogP contribution is -2.48. The summed E-state index contributed by atoms with van der Waals surface area (Å²) in [7, 11) is 2.07. The van der Waals surface area contributed by atoms with Gasteiger partial charge in [-0.2, -0.15) is 13.2 Å². The predicted octanol–water partition coefficient (Wildman–Crippen LogP) is 3.92. The molecule has 0 amide bonds. The number of alkyl halides is 3. The molecule has 1 unspecified atom stereocenters. The molecular formula is C21H24F3N3OS. The fourth-order valence-corrected chi connectivity index (χ4v) is 4.88. The van der Waals surface area contributed by atoms with Gasteiger partial charge in [0, 0.05) is 42.5 Å². The van der Waals surface area contributed by atoms with Crippen molar-refractivity contribution in [2.45, 2.75) is 22.1 Å². The third-order valence-electron chi connectivity index (χ3n) is 5.41. The van der Waals surface area contributed by atoms with Crippen molar-refractivity contribution >= 4 is 23.1 Å². The van der Waals surface area contributed by atoms with Gasteiger partial charge in [0.2, 0.25) is 0 Å². The van der Waals surface area contributed by atoms with E-state index in [4.69, 9.17) is 0 Å². The molecule has 1 atom stereocenters. The molecule has 29 heavy (non-hydrogen) atoms. The maximum absolute atomic E-state index is 13.3. The number of benzene rings is 2.